The molecule has 1 heterocycles. The highest BCUT2D eigenvalue weighted by molar-refractivity contribution is 6.52. The third-order valence-electron chi connectivity index (χ3n) is 7.09. The summed E-state index contributed by atoms with van der Waals surface area (Å²) in [6.07, 6.45) is 0.277. The minimum absolute atomic E-state index is 0.120. The Morgan fingerprint density at radius 1 is 0.949 bits per heavy atom. The van der Waals surface area contributed by atoms with E-state index in [9.17, 15) is 19.2 Å². The second kappa shape index (κ2) is 11.4. The maximum absolute atomic E-state index is 13.9. The van der Waals surface area contributed by atoms with Gasteiger partial charge in [0, 0.05) is 12.6 Å². The zero-order valence-electron chi connectivity index (χ0n) is 22.4. The highest BCUT2D eigenvalue weighted by atomic mass is 16.5. The number of hydrogen-bond acceptors (Lipinski definition) is 6. The lowest BCUT2D eigenvalue weighted by Gasteiger charge is -2.40. The molecular weight excluding hydrogens is 498 g/mol. The van der Waals surface area contributed by atoms with Crippen LogP contribution in [0.5, 0.6) is 11.5 Å². The Hall–Kier alpha value is -4.66. The fourth-order valence-corrected chi connectivity index (χ4v) is 4.56. The average Bonchev–Trinajstić information content (AvgIpc) is 3.20. The predicted molar refractivity (Wildman–Crippen MR) is 147 cm³/mol. The van der Waals surface area contributed by atoms with E-state index >= 15 is 0 Å². The molecule has 39 heavy (non-hydrogen) atoms. The number of carbonyl (C=O) groups is 4. The van der Waals surface area contributed by atoms with E-state index in [1.807, 2.05) is 37.3 Å². The van der Waals surface area contributed by atoms with Crippen LogP contribution in [0.3, 0.4) is 0 Å². The average molecular weight is 530 g/mol. The number of anilines is 2. The number of benzene rings is 3. The molecule has 0 bridgehead atoms. The number of amides is 3. The predicted octanol–water partition coefficient (Wildman–Crippen LogP) is 4.07. The van der Waals surface area contributed by atoms with Gasteiger partial charge in [0.05, 0.1) is 31.2 Å². The first-order valence-electron chi connectivity index (χ1n) is 12.6. The minimum Gasteiger partial charge on any atom is -0.497 e. The Morgan fingerprint density at radius 3 is 2.31 bits per heavy atom. The van der Waals surface area contributed by atoms with Gasteiger partial charge in [0.2, 0.25) is 11.8 Å². The van der Waals surface area contributed by atoms with Crippen molar-refractivity contribution in [2.75, 3.05) is 31.0 Å². The van der Waals surface area contributed by atoms with Crippen molar-refractivity contribution in [3.63, 3.8) is 0 Å². The van der Waals surface area contributed by atoms with Crippen LogP contribution in [0.1, 0.15) is 36.2 Å². The number of methoxy groups -OCH3 is 2. The normalized spacial score (nSPS) is 13.9. The molecule has 4 rings (SSSR count). The summed E-state index contributed by atoms with van der Waals surface area (Å²) >= 11 is 0. The summed E-state index contributed by atoms with van der Waals surface area (Å²) in [5.74, 6) is -1.36. The third-order valence-corrected chi connectivity index (χ3v) is 7.09. The van der Waals surface area contributed by atoms with Gasteiger partial charge in [-0.1, -0.05) is 49.4 Å². The molecule has 1 N–H and O–H groups in total. The van der Waals surface area contributed by atoms with E-state index in [1.54, 1.807) is 49.4 Å². The number of ether oxygens (including phenoxy) is 2. The molecule has 3 aromatic rings. The Bertz CT molecular complexity index is 1410. The lowest BCUT2D eigenvalue weighted by atomic mass is 9.93. The van der Waals surface area contributed by atoms with Gasteiger partial charge < -0.3 is 19.7 Å². The van der Waals surface area contributed by atoms with Crippen LogP contribution in [0.2, 0.25) is 0 Å². The molecule has 0 spiro atoms. The van der Waals surface area contributed by atoms with Gasteiger partial charge in [-0.25, -0.2) is 0 Å². The summed E-state index contributed by atoms with van der Waals surface area (Å²) in [7, 11) is 3.02. The highest BCUT2D eigenvalue weighted by Crippen LogP contribution is 2.33. The van der Waals surface area contributed by atoms with E-state index in [0.717, 1.165) is 5.56 Å². The number of nitrogens with zero attached hydrogens (tertiary/aromatic N) is 2. The van der Waals surface area contributed by atoms with E-state index < -0.39 is 29.0 Å². The SMILES string of the molecule is CC[C@@](C)(C(=O)Nc1ccc(OC)cc1OC)N(Cc1ccccc1)C(=O)CN1C(=O)C(=O)c2ccccc21. The summed E-state index contributed by atoms with van der Waals surface area (Å²) in [5.41, 5.74) is 0.553. The lowest BCUT2D eigenvalue weighted by molar-refractivity contribution is -0.145. The van der Waals surface area contributed by atoms with E-state index in [0.29, 0.717) is 22.9 Å². The van der Waals surface area contributed by atoms with Gasteiger partial charge in [-0.2, -0.15) is 0 Å². The van der Waals surface area contributed by atoms with Gasteiger partial charge in [0.15, 0.2) is 0 Å². The van der Waals surface area contributed by atoms with Crippen molar-refractivity contribution in [1.29, 1.82) is 0 Å². The van der Waals surface area contributed by atoms with Crippen LogP contribution in [-0.4, -0.2) is 54.7 Å². The Labute approximate surface area is 227 Å². The second-order valence-electron chi connectivity index (χ2n) is 9.35. The molecule has 9 heteroatoms. The van der Waals surface area contributed by atoms with Gasteiger partial charge in [-0.05, 0) is 43.2 Å². The maximum atomic E-state index is 13.9. The van der Waals surface area contributed by atoms with E-state index in [-0.39, 0.29) is 25.1 Å². The third kappa shape index (κ3) is 5.34. The van der Waals surface area contributed by atoms with Gasteiger partial charge in [-0.15, -0.1) is 0 Å². The van der Waals surface area contributed by atoms with Crippen LogP contribution in [-0.2, 0) is 20.9 Å². The monoisotopic (exact) mass is 529 g/mol. The number of ketones is 1. The van der Waals surface area contributed by atoms with Crippen molar-refractivity contribution in [2.24, 2.45) is 0 Å². The number of carbonyl (C=O) groups excluding carboxylic acids is 4. The van der Waals surface area contributed by atoms with Crippen LogP contribution >= 0.6 is 0 Å². The van der Waals surface area contributed by atoms with Crippen LogP contribution in [0.15, 0.2) is 72.8 Å². The molecule has 0 aromatic heterocycles. The first-order chi connectivity index (χ1) is 18.7. The largest absolute Gasteiger partial charge is 0.497 e. The molecule has 0 saturated heterocycles. The molecule has 0 saturated carbocycles. The molecule has 1 aliphatic rings. The molecule has 1 aliphatic heterocycles. The van der Waals surface area contributed by atoms with Crippen LogP contribution < -0.4 is 19.7 Å². The van der Waals surface area contributed by atoms with Crippen LogP contribution in [0.25, 0.3) is 0 Å². The summed E-state index contributed by atoms with van der Waals surface area (Å²) in [6.45, 7) is 3.23. The topological polar surface area (TPSA) is 105 Å². The molecule has 0 fully saturated rings. The molecule has 0 unspecified atom stereocenters. The van der Waals surface area contributed by atoms with Crippen molar-refractivity contribution in [3.8, 4) is 11.5 Å². The highest BCUT2D eigenvalue weighted by Gasteiger charge is 2.43. The first kappa shape index (κ1) is 27.4. The number of Topliss-reactive ketones (excluding diaryl/α,β-unsaturated/α-hetero) is 1. The fraction of sp³-hybridized carbons (Fsp3) is 0.267. The van der Waals surface area contributed by atoms with Gasteiger partial charge in [0.25, 0.3) is 11.7 Å². The van der Waals surface area contributed by atoms with E-state index in [2.05, 4.69) is 5.32 Å². The second-order valence-corrected chi connectivity index (χ2v) is 9.35. The van der Waals surface area contributed by atoms with Crippen molar-refractivity contribution in [3.05, 3.63) is 83.9 Å². The van der Waals surface area contributed by atoms with Gasteiger partial charge in [0.1, 0.15) is 23.6 Å². The summed E-state index contributed by atoms with van der Waals surface area (Å²) in [6, 6.07) is 20.9. The summed E-state index contributed by atoms with van der Waals surface area (Å²) < 4.78 is 10.7. The lowest BCUT2D eigenvalue weighted by Crippen LogP contribution is -2.58. The molecule has 3 amide bonds. The Balaban J connectivity index is 1.68. The number of nitrogens with one attached hydrogen (secondary N) is 1. The Morgan fingerprint density at radius 2 is 1.64 bits per heavy atom. The fourth-order valence-electron chi connectivity index (χ4n) is 4.56. The zero-order chi connectivity index (χ0) is 28.2. The molecular formula is C30H31N3O6. The number of rotatable bonds is 10. The van der Waals surface area contributed by atoms with Crippen molar-refractivity contribution < 1.29 is 28.7 Å². The first-order valence-corrected chi connectivity index (χ1v) is 12.6. The summed E-state index contributed by atoms with van der Waals surface area (Å²) in [4.78, 5) is 55.7. The molecule has 1 atom stereocenters. The minimum atomic E-state index is -1.32. The molecule has 0 radical (unpaired) electrons. The number of fused-ring (bicyclic) bond motifs is 1. The van der Waals surface area contributed by atoms with Crippen LogP contribution in [0, 0.1) is 0 Å². The smallest absolute Gasteiger partial charge is 0.299 e. The number of para-hydroxylation sites is 1. The van der Waals surface area contributed by atoms with E-state index in [4.69, 9.17) is 9.47 Å². The van der Waals surface area contributed by atoms with Crippen molar-refractivity contribution in [2.45, 2.75) is 32.4 Å². The quantitative estimate of drug-likeness (QED) is 0.397. The standard InChI is InChI=1S/C30H31N3O6/c1-5-30(2,29(37)31-23-16-15-21(38-3)17-25(23)39-4)33(18-20-11-7-6-8-12-20)26(34)19-32-24-14-10-9-13-22(24)27(35)28(32)36/h6-17H,5,18-19H2,1-4H3,(H,31,37)/t30-/m0/s1. The molecule has 202 valence electrons. The molecule has 3 aromatic carbocycles. The van der Waals surface area contributed by atoms with Crippen LogP contribution in [0.4, 0.5) is 11.4 Å². The Kier molecular flexibility index (Phi) is 7.99. The molecule has 9 nitrogen and oxygen atoms in total. The maximum Gasteiger partial charge on any atom is 0.299 e. The zero-order valence-corrected chi connectivity index (χ0v) is 22.4. The molecule has 0 aliphatic carbocycles. The van der Waals surface area contributed by atoms with Gasteiger partial charge >= 0.3 is 0 Å². The van der Waals surface area contributed by atoms with Crippen molar-refractivity contribution in [1.82, 2.24) is 4.90 Å². The van der Waals surface area contributed by atoms with Gasteiger partial charge in [-0.3, -0.25) is 24.1 Å². The van der Waals surface area contributed by atoms with Crippen molar-refractivity contribution >= 4 is 34.9 Å². The van der Waals surface area contributed by atoms with E-state index in [1.165, 1.54) is 24.0 Å². The summed E-state index contributed by atoms with van der Waals surface area (Å²) in [5, 5.41) is 2.90. The number of hydrogen-bond donors (Lipinski definition) is 1.